The zero-order valence-electron chi connectivity index (χ0n) is 28.1. The molecule has 10 nitrogen and oxygen atoms in total. The average molecular weight is 652 g/mol. The van der Waals surface area contributed by atoms with Gasteiger partial charge in [0.2, 0.25) is 5.91 Å². The second-order valence-corrected chi connectivity index (χ2v) is 13.2. The monoisotopic (exact) mass is 651 g/mol. The van der Waals surface area contributed by atoms with Crippen molar-refractivity contribution in [2.45, 2.75) is 168 Å². The van der Waals surface area contributed by atoms with Crippen molar-refractivity contribution in [2.75, 3.05) is 33.2 Å². The molecule has 0 aromatic carbocycles. The molecule has 262 valence electrons. The van der Waals surface area contributed by atoms with Gasteiger partial charge in [-0.1, -0.05) is 129 Å². The van der Waals surface area contributed by atoms with E-state index in [1.807, 2.05) is 0 Å². The molecule has 0 spiro atoms. The number of hydrogen-bond donors (Lipinski definition) is 3. The van der Waals surface area contributed by atoms with Gasteiger partial charge in [0.25, 0.3) is 0 Å². The van der Waals surface area contributed by atoms with E-state index in [0.29, 0.717) is 6.61 Å². The Bertz CT molecular complexity index is 705. The molecule has 0 saturated heterocycles. The Morgan fingerprint density at radius 3 is 1.64 bits per heavy atom. The summed E-state index contributed by atoms with van der Waals surface area (Å²) in [5.74, 6) is -0.366. The van der Waals surface area contributed by atoms with E-state index >= 15 is 0 Å². The summed E-state index contributed by atoms with van der Waals surface area (Å²) in [7, 11) is -4.68. The first-order valence-corrected chi connectivity index (χ1v) is 19.1. The molecule has 11 heteroatoms. The Hall–Kier alpha value is -1.03. The third-order valence-corrected chi connectivity index (χ3v) is 8.01. The molecule has 0 bridgehead atoms. The van der Waals surface area contributed by atoms with E-state index < -0.39 is 26.5 Å². The van der Waals surface area contributed by atoms with Gasteiger partial charge in [0.15, 0.2) is 0 Å². The van der Waals surface area contributed by atoms with E-state index in [1.54, 1.807) is 6.92 Å². The van der Waals surface area contributed by atoms with Gasteiger partial charge in [-0.3, -0.25) is 14.1 Å². The third kappa shape index (κ3) is 35.4. The summed E-state index contributed by atoms with van der Waals surface area (Å²) < 4.78 is 32.0. The quantitative estimate of drug-likeness (QED) is 0.0272. The molecule has 0 aromatic rings. The maximum absolute atomic E-state index is 12.3. The largest absolute Gasteiger partial charge is 0.469 e. The Morgan fingerprint density at radius 2 is 1.14 bits per heavy atom. The van der Waals surface area contributed by atoms with Crippen LogP contribution in [0.2, 0.25) is 0 Å². The predicted molar refractivity (Wildman–Crippen MR) is 175 cm³/mol. The summed E-state index contributed by atoms with van der Waals surface area (Å²) in [6.07, 6.45) is 25.4. The van der Waals surface area contributed by atoms with Crippen molar-refractivity contribution in [3.63, 3.8) is 0 Å². The highest BCUT2D eigenvalue weighted by atomic mass is 31.2. The van der Waals surface area contributed by atoms with Crippen LogP contribution >= 0.6 is 7.82 Å². The van der Waals surface area contributed by atoms with Crippen LogP contribution in [0.5, 0.6) is 0 Å². The molecule has 1 amide bonds. The number of ether oxygens (including phenoxy) is 3. The minimum Gasteiger partial charge on any atom is -0.457 e. The number of nitrogens with one attached hydrogen (secondary N) is 1. The Balaban J connectivity index is 3.77. The molecular formula is C33H66NO9P. The van der Waals surface area contributed by atoms with E-state index in [-0.39, 0.29) is 25.7 Å². The van der Waals surface area contributed by atoms with Gasteiger partial charge in [-0.05, 0) is 19.3 Å². The molecule has 1 atom stereocenters. The van der Waals surface area contributed by atoms with Gasteiger partial charge in [0.05, 0.1) is 13.2 Å². The molecule has 3 N–H and O–H groups in total. The second-order valence-electron chi connectivity index (χ2n) is 12.0. The van der Waals surface area contributed by atoms with Gasteiger partial charge in [0.1, 0.15) is 12.9 Å². The lowest BCUT2D eigenvalue weighted by atomic mass is 10.1. The smallest absolute Gasteiger partial charge is 0.457 e. The van der Waals surface area contributed by atoms with Crippen LogP contribution in [0.15, 0.2) is 0 Å². The number of carbonyl (C=O) groups is 2. The maximum atomic E-state index is 12.3. The van der Waals surface area contributed by atoms with Gasteiger partial charge >= 0.3 is 13.8 Å². The average Bonchev–Trinajstić information content (AvgIpc) is 2.97. The predicted octanol–water partition coefficient (Wildman–Crippen LogP) is 8.13. The van der Waals surface area contributed by atoms with Crippen LogP contribution in [0.4, 0.5) is 0 Å². The number of rotatable bonds is 34. The van der Waals surface area contributed by atoms with Crippen LogP contribution in [0.1, 0.15) is 162 Å². The first-order valence-electron chi connectivity index (χ1n) is 17.5. The normalized spacial score (nSPS) is 12.4. The highest BCUT2D eigenvalue weighted by Crippen LogP contribution is 2.35. The molecule has 0 heterocycles. The van der Waals surface area contributed by atoms with Crippen molar-refractivity contribution in [2.24, 2.45) is 0 Å². The van der Waals surface area contributed by atoms with Crippen molar-refractivity contribution in [1.82, 2.24) is 5.32 Å². The zero-order chi connectivity index (χ0) is 32.6. The molecule has 0 radical (unpaired) electrons. The van der Waals surface area contributed by atoms with Crippen molar-refractivity contribution in [1.29, 1.82) is 0 Å². The van der Waals surface area contributed by atoms with E-state index in [9.17, 15) is 14.2 Å². The summed E-state index contributed by atoms with van der Waals surface area (Å²) >= 11 is 0. The van der Waals surface area contributed by atoms with Crippen LogP contribution < -0.4 is 5.32 Å². The fraction of sp³-hybridized carbons (Fsp3) is 0.939. The number of phosphoric acid groups is 1. The standard InChI is InChI=1S/C33H66NO9P/c1-3-4-5-6-7-8-10-13-16-19-22-25-33(36)43-32(29-42-44(37,38)39)28-41-30-40-27-24-21-18-15-12-9-11-14-17-20-23-26-34-31(2)35/h32H,3-30H2,1-2H3,(H,34,35)(H2,37,38,39)/t32-/m1/s1. The minimum atomic E-state index is -4.68. The molecule has 0 aliphatic heterocycles. The van der Waals surface area contributed by atoms with Crippen molar-refractivity contribution in [3.8, 4) is 0 Å². The highest BCUT2D eigenvalue weighted by Gasteiger charge is 2.21. The van der Waals surface area contributed by atoms with Gasteiger partial charge in [-0.2, -0.15) is 0 Å². The molecule has 0 rings (SSSR count). The number of carbonyl (C=O) groups excluding carboxylic acids is 2. The van der Waals surface area contributed by atoms with Crippen LogP contribution in [0, 0.1) is 0 Å². The maximum Gasteiger partial charge on any atom is 0.469 e. The van der Waals surface area contributed by atoms with Gasteiger partial charge in [-0.15, -0.1) is 0 Å². The Labute approximate surface area is 268 Å². The molecular weight excluding hydrogens is 585 g/mol. The number of phosphoric ester groups is 1. The number of amides is 1. The number of hydrogen-bond acceptors (Lipinski definition) is 7. The fourth-order valence-electron chi connectivity index (χ4n) is 4.96. The summed E-state index contributed by atoms with van der Waals surface area (Å²) in [5, 5.41) is 2.83. The van der Waals surface area contributed by atoms with E-state index in [4.69, 9.17) is 24.0 Å². The van der Waals surface area contributed by atoms with E-state index in [0.717, 1.165) is 45.1 Å². The fourth-order valence-corrected chi connectivity index (χ4v) is 5.32. The molecule has 44 heavy (non-hydrogen) atoms. The topological polar surface area (TPSA) is 141 Å². The lowest BCUT2D eigenvalue weighted by Crippen LogP contribution is -2.28. The van der Waals surface area contributed by atoms with Crippen molar-refractivity contribution >= 4 is 19.7 Å². The summed E-state index contributed by atoms with van der Waals surface area (Å²) in [6.45, 7) is 4.67. The Morgan fingerprint density at radius 1 is 0.659 bits per heavy atom. The van der Waals surface area contributed by atoms with Gasteiger partial charge in [0, 0.05) is 26.5 Å². The summed E-state index contributed by atoms with van der Waals surface area (Å²) in [6, 6.07) is 0. The van der Waals surface area contributed by atoms with Crippen LogP contribution in [0.25, 0.3) is 0 Å². The molecule has 0 aliphatic carbocycles. The minimum absolute atomic E-state index is 0.0212. The van der Waals surface area contributed by atoms with E-state index in [2.05, 4.69) is 16.8 Å². The molecule has 0 fully saturated rings. The van der Waals surface area contributed by atoms with Crippen LogP contribution in [-0.4, -0.2) is 60.9 Å². The summed E-state index contributed by atoms with van der Waals surface area (Å²) in [5.41, 5.74) is 0. The lowest BCUT2D eigenvalue weighted by molar-refractivity contribution is -0.158. The first-order chi connectivity index (χ1) is 21.2. The molecule has 0 aliphatic rings. The summed E-state index contributed by atoms with van der Waals surface area (Å²) in [4.78, 5) is 41.1. The van der Waals surface area contributed by atoms with Gasteiger partial charge < -0.3 is 29.3 Å². The highest BCUT2D eigenvalue weighted by molar-refractivity contribution is 7.46. The lowest BCUT2D eigenvalue weighted by Gasteiger charge is -2.18. The van der Waals surface area contributed by atoms with Crippen LogP contribution in [0.3, 0.4) is 0 Å². The van der Waals surface area contributed by atoms with Crippen LogP contribution in [-0.2, 0) is 32.9 Å². The third-order valence-electron chi connectivity index (χ3n) is 7.52. The zero-order valence-corrected chi connectivity index (χ0v) is 29.0. The number of unbranched alkanes of at least 4 members (excludes halogenated alkanes) is 20. The molecule has 0 saturated carbocycles. The first kappa shape index (κ1) is 43.0. The molecule has 0 aromatic heterocycles. The second kappa shape index (κ2) is 31.9. The number of esters is 1. The SMILES string of the molecule is CCCCCCCCCCCCCC(=O)O[C@H](COCOCCCCCCCCCCCCCNC(C)=O)COP(=O)(O)O. The van der Waals surface area contributed by atoms with E-state index in [1.165, 1.54) is 103 Å². The van der Waals surface area contributed by atoms with Crippen molar-refractivity contribution in [3.05, 3.63) is 0 Å². The van der Waals surface area contributed by atoms with Gasteiger partial charge in [-0.25, -0.2) is 4.57 Å². The van der Waals surface area contributed by atoms with Crippen molar-refractivity contribution < 1.29 is 42.7 Å². The Kier molecular flexibility index (Phi) is 31.2. The molecule has 0 unspecified atom stereocenters.